The summed E-state index contributed by atoms with van der Waals surface area (Å²) in [7, 11) is -3.72. The van der Waals surface area contributed by atoms with Crippen molar-refractivity contribution in [2.75, 3.05) is 0 Å². The van der Waals surface area contributed by atoms with E-state index in [1.807, 2.05) is 6.92 Å². The molecule has 1 aromatic carbocycles. The maximum Gasteiger partial charge on any atom is 0.297 e. The summed E-state index contributed by atoms with van der Waals surface area (Å²) in [6.07, 6.45) is 1.65. The minimum Gasteiger partial charge on any atom is -0.393 e. The van der Waals surface area contributed by atoms with E-state index in [-0.39, 0.29) is 16.9 Å². The number of benzene rings is 1. The Morgan fingerprint density at radius 3 is 2.42 bits per heavy atom. The summed E-state index contributed by atoms with van der Waals surface area (Å²) < 4.78 is 29.7. The van der Waals surface area contributed by atoms with E-state index >= 15 is 0 Å². The number of hydrogen-bond acceptors (Lipinski definition) is 4. The molecule has 2 saturated carbocycles. The Hall–Kier alpha value is -0.910. The molecule has 1 N–H and O–H groups in total. The first-order valence-corrected chi connectivity index (χ1v) is 8.04. The molecule has 19 heavy (non-hydrogen) atoms. The molecule has 4 atom stereocenters. The molecule has 2 bridgehead atoms. The predicted octanol–water partition coefficient (Wildman–Crippen LogP) is 1.86. The van der Waals surface area contributed by atoms with Crippen LogP contribution >= 0.6 is 0 Å². The lowest BCUT2D eigenvalue weighted by atomic mass is 9.95. The molecule has 0 amide bonds. The average Bonchev–Trinajstić information content (AvgIpc) is 2.87. The lowest BCUT2D eigenvalue weighted by Crippen LogP contribution is -2.32. The van der Waals surface area contributed by atoms with Crippen LogP contribution in [0.4, 0.5) is 0 Å². The van der Waals surface area contributed by atoms with E-state index in [0.29, 0.717) is 5.92 Å². The summed E-state index contributed by atoms with van der Waals surface area (Å²) in [6.45, 7) is 1.91. The molecule has 0 unspecified atom stereocenters. The number of aliphatic hydroxyl groups excluding tert-OH is 1. The molecule has 2 aliphatic rings. The van der Waals surface area contributed by atoms with Crippen LogP contribution in [-0.2, 0) is 14.3 Å². The molecule has 0 radical (unpaired) electrons. The normalized spacial score (nSPS) is 33.8. The van der Waals surface area contributed by atoms with Gasteiger partial charge in [-0.25, -0.2) is 0 Å². The summed E-state index contributed by atoms with van der Waals surface area (Å²) in [4.78, 5) is 0.190. The second-order valence-electron chi connectivity index (χ2n) is 5.71. The summed E-state index contributed by atoms with van der Waals surface area (Å²) in [5.74, 6) is 0.392. The zero-order valence-electron chi connectivity index (χ0n) is 10.8. The number of rotatable bonds is 3. The van der Waals surface area contributed by atoms with Crippen LogP contribution in [0.5, 0.6) is 0 Å². The van der Waals surface area contributed by atoms with Gasteiger partial charge in [0.2, 0.25) is 0 Å². The van der Waals surface area contributed by atoms with E-state index in [1.54, 1.807) is 24.3 Å². The first-order valence-electron chi connectivity index (χ1n) is 6.64. The van der Waals surface area contributed by atoms with Gasteiger partial charge in [-0.15, -0.1) is 0 Å². The van der Waals surface area contributed by atoms with Gasteiger partial charge < -0.3 is 5.11 Å². The molecule has 104 valence electrons. The van der Waals surface area contributed by atoms with Crippen LogP contribution < -0.4 is 0 Å². The standard InChI is InChI=1S/C14H18O4S/c1-9-2-4-11(5-3-9)19(16,17)18-14-8-10-6-12(14)13(15)7-10/h2-5,10,12-15H,6-8H2,1H3/t10-,12+,13-,14-/m1/s1. The van der Waals surface area contributed by atoms with Crippen molar-refractivity contribution in [1.29, 1.82) is 0 Å². The minimum atomic E-state index is -3.72. The zero-order valence-corrected chi connectivity index (χ0v) is 11.6. The van der Waals surface area contributed by atoms with Crippen molar-refractivity contribution in [2.45, 2.75) is 43.3 Å². The van der Waals surface area contributed by atoms with Crippen LogP contribution in [0.2, 0.25) is 0 Å². The summed E-state index contributed by atoms with van der Waals surface area (Å²) in [6, 6.07) is 6.64. The van der Waals surface area contributed by atoms with Crippen molar-refractivity contribution in [2.24, 2.45) is 11.8 Å². The van der Waals surface area contributed by atoms with E-state index in [2.05, 4.69) is 0 Å². The van der Waals surface area contributed by atoms with Gasteiger partial charge in [-0.3, -0.25) is 4.18 Å². The van der Waals surface area contributed by atoms with Gasteiger partial charge in [0.1, 0.15) is 0 Å². The highest BCUT2D eigenvalue weighted by molar-refractivity contribution is 7.86. The molecule has 0 saturated heterocycles. The molecule has 0 spiro atoms. The largest absolute Gasteiger partial charge is 0.393 e. The molecule has 2 aliphatic carbocycles. The highest BCUT2D eigenvalue weighted by Gasteiger charge is 2.47. The Morgan fingerprint density at radius 2 is 1.84 bits per heavy atom. The molecule has 2 fully saturated rings. The molecular formula is C14H18O4S. The van der Waals surface area contributed by atoms with Crippen LogP contribution in [0.3, 0.4) is 0 Å². The summed E-state index contributed by atoms with van der Waals surface area (Å²) in [5, 5.41) is 9.82. The van der Waals surface area contributed by atoms with Crippen LogP contribution in [0.1, 0.15) is 24.8 Å². The van der Waals surface area contributed by atoms with Gasteiger partial charge in [-0.2, -0.15) is 8.42 Å². The van der Waals surface area contributed by atoms with Crippen LogP contribution in [0.15, 0.2) is 29.2 Å². The number of fused-ring (bicyclic) bond motifs is 2. The maximum absolute atomic E-state index is 12.2. The molecule has 0 aliphatic heterocycles. The van der Waals surface area contributed by atoms with Gasteiger partial charge in [-0.05, 0) is 44.2 Å². The molecule has 3 rings (SSSR count). The van der Waals surface area contributed by atoms with Crippen LogP contribution in [0, 0.1) is 18.8 Å². The van der Waals surface area contributed by atoms with Gasteiger partial charge in [0, 0.05) is 5.92 Å². The van der Waals surface area contributed by atoms with Crippen molar-refractivity contribution >= 4 is 10.1 Å². The fraction of sp³-hybridized carbons (Fsp3) is 0.571. The summed E-state index contributed by atoms with van der Waals surface area (Å²) >= 11 is 0. The Morgan fingerprint density at radius 1 is 1.16 bits per heavy atom. The maximum atomic E-state index is 12.2. The van der Waals surface area contributed by atoms with E-state index in [4.69, 9.17) is 4.18 Å². The molecule has 0 heterocycles. The third-order valence-corrected chi connectivity index (χ3v) is 5.63. The second-order valence-corrected chi connectivity index (χ2v) is 7.28. The third kappa shape index (κ3) is 2.42. The lowest BCUT2D eigenvalue weighted by Gasteiger charge is -2.25. The smallest absolute Gasteiger partial charge is 0.297 e. The minimum absolute atomic E-state index is 0.0229. The monoisotopic (exact) mass is 282 g/mol. The number of aryl methyl sites for hydroxylation is 1. The highest BCUT2D eigenvalue weighted by Crippen LogP contribution is 2.46. The molecule has 1 aromatic rings. The first kappa shape index (κ1) is 13.1. The van der Waals surface area contributed by atoms with Crippen molar-refractivity contribution in [3.05, 3.63) is 29.8 Å². The quantitative estimate of drug-likeness (QED) is 0.860. The van der Waals surface area contributed by atoms with E-state index in [9.17, 15) is 13.5 Å². The van der Waals surface area contributed by atoms with Gasteiger partial charge in [0.25, 0.3) is 10.1 Å². The van der Waals surface area contributed by atoms with E-state index in [0.717, 1.165) is 24.8 Å². The average molecular weight is 282 g/mol. The lowest BCUT2D eigenvalue weighted by molar-refractivity contribution is 0.0367. The van der Waals surface area contributed by atoms with Gasteiger partial charge >= 0.3 is 0 Å². The Kier molecular flexibility index (Phi) is 3.15. The molecule has 5 heteroatoms. The molecular weight excluding hydrogens is 264 g/mol. The van der Waals surface area contributed by atoms with Gasteiger partial charge in [0.05, 0.1) is 17.1 Å². The van der Waals surface area contributed by atoms with Crippen molar-refractivity contribution in [1.82, 2.24) is 0 Å². The van der Waals surface area contributed by atoms with Crippen molar-refractivity contribution in [3.8, 4) is 0 Å². The van der Waals surface area contributed by atoms with Crippen LogP contribution in [-0.4, -0.2) is 25.7 Å². The molecule has 4 nitrogen and oxygen atoms in total. The topological polar surface area (TPSA) is 63.6 Å². The third-order valence-electron chi connectivity index (χ3n) is 4.28. The second kappa shape index (κ2) is 4.58. The van der Waals surface area contributed by atoms with Crippen molar-refractivity contribution in [3.63, 3.8) is 0 Å². The Balaban J connectivity index is 1.77. The number of hydrogen-bond donors (Lipinski definition) is 1. The first-order chi connectivity index (χ1) is 8.95. The van der Waals surface area contributed by atoms with E-state index in [1.165, 1.54) is 0 Å². The Labute approximate surface area is 113 Å². The fourth-order valence-corrected chi connectivity index (χ4v) is 4.41. The molecule has 0 aromatic heterocycles. The van der Waals surface area contributed by atoms with Gasteiger partial charge in [-0.1, -0.05) is 17.7 Å². The van der Waals surface area contributed by atoms with Gasteiger partial charge in [0.15, 0.2) is 0 Å². The fourth-order valence-electron chi connectivity index (χ4n) is 3.28. The van der Waals surface area contributed by atoms with Crippen molar-refractivity contribution < 1.29 is 17.7 Å². The number of aliphatic hydroxyl groups is 1. The summed E-state index contributed by atoms with van der Waals surface area (Å²) in [5.41, 5.74) is 1.01. The van der Waals surface area contributed by atoms with E-state index < -0.39 is 16.2 Å². The Bertz CT molecular complexity index is 564. The highest BCUT2D eigenvalue weighted by atomic mass is 32.2. The zero-order chi connectivity index (χ0) is 13.6. The SMILES string of the molecule is Cc1ccc(S(=O)(=O)O[C@@H]2C[C@@H]3C[C@H]2[C@H](O)C3)cc1. The van der Waals surface area contributed by atoms with Crippen LogP contribution in [0.25, 0.3) is 0 Å². The predicted molar refractivity (Wildman–Crippen MR) is 70.1 cm³/mol.